The summed E-state index contributed by atoms with van der Waals surface area (Å²) in [6.45, 7) is 0.537. The van der Waals surface area contributed by atoms with Gasteiger partial charge in [0, 0.05) is 29.3 Å². The van der Waals surface area contributed by atoms with Crippen molar-refractivity contribution >= 4 is 45.6 Å². The number of hydrogen-bond donors (Lipinski definition) is 2. The minimum absolute atomic E-state index is 0.0448. The van der Waals surface area contributed by atoms with Crippen molar-refractivity contribution in [2.24, 2.45) is 0 Å². The Bertz CT molecular complexity index is 1170. The van der Waals surface area contributed by atoms with Crippen LogP contribution in [0.4, 0.5) is 30.4 Å². The van der Waals surface area contributed by atoms with Crippen molar-refractivity contribution in [2.75, 3.05) is 31.3 Å². The van der Waals surface area contributed by atoms with E-state index in [0.29, 0.717) is 47.1 Å². The van der Waals surface area contributed by atoms with Gasteiger partial charge >= 0.3 is 0 Å². The minimum atomic E-state index is -3.07. The zero-order chi connectivity index (χ0) is 24.0. The Hall–Kier alpha value is -3.17. The molecule has 0 saturated heterocycles. The maximum Gasteiger partial charge on any atom is 0.267 e. The van der Waals surface area contributed by atoms with Crippen LogP contribution in [0.5, 0.6) is 0 Å². The first kappa shape index (κ1) is 24.5. The topological polar surface area (TPSA) is 70.2 Å². The molecular formula is C23H23ClF3N5O. The van der Waals surface area contributed by atoms with Crippen molar-refractivity contribution in [3.63, 3.8) is 0 Å². The molecule has 0 atom stereocenters. The smallest absolute Gasteiger partial charge is 0.267 e. The maximum atomic E-state index is 14.0. The van der Waals surface area contributed by atoms with Crippen LogP contribution in [0.25, 0.3) is 10.9 Å². The fourth-order valence-corrected chi connectivity index (χ4v) is 3.22. The Morgan fingerprint density at radius 3 is 2.64 bits per heavy atom. The molecule has 0 unspecified atom stereocenters. The summed E-state index contributed by atoms with van der Waals surface area (Å²) in [5, 5.41) is 6.12. The summed E-state index contributed by atoms with van der Waals surface area (Å²) in [7, 11) is 3.62. The standard InChI is InChI=1S/C23H23ClF3N5O/c1-32(2)11-3-9-23(26,27)10-8-21(33)30-15-5-7-20-17(12-15)22(29-14-28-20)31-16-4-6-19(25)18(24)13-16/h4-8,10,12-14H,3,9,11H2,1-2H3,(H,30,33)(H,28,29,31). The zero-order valence-electron chi connectivity index (χ0n) is 18.1. The normalized spacial score (nSPS) is 12.0. The van der Waals surface area contributed by atoms with E-state index in [1.807, 2.05) is 19.0 Å². The van der Waals surface area contributed by atoms with Crippen LogP contribution in [-0.4, -0.2) is 47.3 Å². The number of allylic oxidation sites excluding steroid dienone is 1. The molecular weight excluding hydrogens is 455 g/mol. The summed E-state index contributed by atoms with van der Waals surface area (Å²) in [5.74, 6) is -3.89. The van der Waals surface area contributed by atoms with Crippen LogP contribution in [0.2, 0.25) is 5.02 Å². The van der Waals surface area contributed by atoms with Gasteiger partial charge in [0.2, 0.25) is 5.91 Å². The lowest BCUT2D eigenvalue weighted by Gasteiger charge is -2.14. The van der Waals surface area contributed by atoms with Crippen LogP contribution in [-0.2, 0) is 4.79 Å². The third kappa shape index (κ3) is 7.16. The van der Waals surface area contributed by atoms with Gasteiger partial charge in [0.25, 0.3) is 5.92 Å². The molecule has 0 aliphatic rings. The monoisotopic (exact) mass is 477 g/mol. The lowest BCUT2D eigenvalue weighted by Crippen LogP contribution is -2.19. The number of carbonyl (C=O) groups is 1. The molecule has 1 heterocycles. The highest BCUT2D eigenvalue weighted by Crippen LogP contribution is 2.28. The fourth-order valence-electron chi connectivity index (χ4n) is 3.04. The van der Waals surface area contributed by atoms with Gasteiger partial charge in [0.15, 0.2) is 0 Å². The SMILES string of the molecule is CN(C)CCCC(F)(F)C=CC(=O)Nc1ccc2ncnc(Nc3ccc(F)c(Cl)c3)c2c1. The van der Waals surface area contributed by atoms with Crippen molar-refractivity contribution in [1.82, 2.24) is 14.9 Å². The maximum absolute atomic E-state index is 14.0. The molecule has 3 aromatic rings. The van der Waals surface area contributed by atoms with E-state index in [1.165, 1.54) is 24.5 Å². The number of halogens is 4. The number of nitrogens with zero attached hydrogens (tertiary/aromatic N) is 3. The molecule has 2 N–H and O–H groups in total. The Balaban J connectivity index is 1.73. The minimum Gasteiger partial charge on any atom is -0.340 e. The Morgan fingerprint density at radius 1 is 1.15 bits per heavy atom. The van der Waals surface area contributed by atoms with Crippen LogP contribution < -0.4 is 10.6 Å². The summed E-state index contributed by atoms with van der Waals surface area (Å²) >= 11 is 5.83. The Kier molecular flexibility index (Phi) is 7.88. The second kappa shape index (κ2) is 10.6. The van der Waals surface area contributed by atoms with Gasteiger partial charge in [-0.05, 0) is 69.5 Å². The molecule has 174 valence electrons. The number of alkyl halides is 2. The van der Waals surface area contributed by atoms with Crippen LogP contribution in [0, 0.1) is 5.82 Å². The first-order valence-corrected chi connectivity index (χ1v) is 10.5. The van der Waals surface area contributed by atoms with E-state index in [4.69, 9.17) is 11.6 Å². The third-order valence-electron chi connectivity index (χ3n) is 4.68. The number of carbonyl (C=O) groups excluding carboxylic acids is 1. The highest BCUT2D eigenvalue weighted by molar-refractivity contribution is 6.31. The fraction of sp³-hybridized carbons (Fsp3) is 0.261. The average Bonchev–Trinajstić information content (AvgIpc) is 2.75. The number of nitrogens with one attached hydrogen (secondary N) is 2. The summed E-state index contributed by atoms with van der Waals surface area (Å²) in [6.07, 6.45) is 2.78. The molecule has 3 rings (SSSR count). The van der Waals surface area contributed by atoms with Crippen LogP contribution in [0.1, 0.15) is 12.8 Å². The van der Waals surface area contributed by atoms with Gasteiger partial charge in [-0.3, -0.25) is 4.79 Å². The van der Waals surface area contributed by atoms with Crippen LogP contribution >= 0.6 is 11.6 Å². The molecule has 0 saturated carbocycles. The van der Waals surface area contributed by atoms with E-state index < -0.39 is 17.6 Å². The lowest BCUT2D eigenvalue weighted by molar-refractivity contribution is -0.112. The number of rotatable bonds is 9. The van der Waals surface area contributed by atoms with Gasteiger partial charge in [0.05, 0.1) is 10.5 Å². The summed E-state index contributed by atoms with van der Waals surface area (Å²) in [5.41, 5.74) is 1.47. The number of anilines is 3. The highest BCUT2D eigenvalue weighted by atomic mass is 35.5. The Morgan fingerprint density at radius 2 is 1.91 bits per heavy atom. The van der Waals surface area contributed by atoms with E-state index in [-0.39, 0.29) is 11.4 Å². The molecule has 0 fully saturated rings. The van der Waals surface area contributed by atoms with Gasteiger partial charge in [-0.25, -0.2) is 23.1 Å². The summed E-state index contributed by atoms with van der Waals surface area (Å²) < 4.78 is 41.3. The molecule has 0 bridgehead atoms. The predicted molar refractivity (Wildman–Crippen MR) is 125 cm³/mol. The molecule has 33 heavy (non-hydrogen) atoms. The Labute approximate surface area is 194 Å². The second-order valence-corrected chi connectivity index (χ2v) is 8.11. The van der Waals surface area contributed by atoms with Crippen molar-refractivity contribution in [3.8, 4) is 0 Å². The quantitative estimate of drug-likeness (QED) is 0.390. The number of fused-ring (bicyclic) bond motifs is 1. The molecule has 1 amide bonds. The predicted octanol–water partition coefficient (Wildman–Crippen LogP) is 5.64. The van der Waals surface area contributed by atoms with Crippen molar-refractivity contribution < 1.29 is 18.0 Å². The number of aromatic nitrogens is 2. The molecule has 10 heteroatoms. The third-order valence-corrected chi connectivity index (χ3v) is 4.97. The summed E-state index contributed by atoms with van der Waals surface area (Å²) in [4.78, 5) is 22.4. The van der Waals surface area contributed by atoms with Crippen LogP contribution in [0.15, 0.2) is 54.9 Å². The van der Waals surface area contributed by atoms with Crippen molar-refractivity contribution in [1.29, 1.82) is 0 Å². The van der Waals surface area contributed by atoms with E-state index >= 15 is 0 Å². The molecule has 2 aromatic carbocycles. The van der Waals surface area contributed by atoms with E-state index in [2.05, 4.69) is 20.6 Å². The van der Waals surface area contributed by atoms with Crippen molar-refractivity contribution in [2.45, 2.75) is 18.8 Å². The number of hydrogen-bond acceptors (Lipinski definition) is 5. The number of benzene rings is 2. The average molecular weight is 478 g/mol. The first-order valence-electron chi connectivity index (χ1n) is 10.1. The molecule has 6 nitrogen and oxygen atoms in total. The molecule has 0 radical (unpaired) electrons. The molecule has 1 aromatic heterocycles. The zero-order valence-corrected chi connectivity index (χ0v) is 18.8. The van der Waals surface area contributed by atoms with E-state index in [0.717, 1.165) is 6.08 Å². The lowest BCUT2D eigenvalue weighted by atomic mass is 10.1. The second-order valence-electron chi connectivity index (χ2n) is 7.70. The van der Waals surface area contributed by atoms with Gasteiger partial charge in [-0.2, -0.15) is 0 Å². The highest BCUT2D eigenvalue weighted by Gasteiger charge is 2.24. The largest absolute Gasteiger partial charge is 0.340 e. The van der Waals surface area contributed by atoms with Gasteiger partial charge in [-0.1, -0.05) is 11.6 Å². The van der Waals surface area contributed by atoms with Gasteiger partial charge < -0.3 is 15.5 Å². The molecule has 0 aliphatic carbocycles. The molecule has 0 aliphatic heterocycles. The van der Waals surface area contributed by atoms with Crippen molar-refractivity contribution in [3.05, 3.63) is 65.7 Å². The molecule has 0 spiro atoms. The first-order chi connectivity index (χ1) is 15.6. The van der Waals surface area contributed by atoms with Gasteiger partial charge in [-0.15, -0.1) is 0 Å². The van der Waals surface area contributed by atoms with E-state index in [9.17, 15) is 18.0 Å². The van der Waals surface area contributed by atoms with E-state index in [1.54, 1.807) is 18.2 Å². The van der Waals surface area contributed by atoms with Gasteiger partial charge in [0.1, 0.15) is 18.0 Å². The van der Waals surface area contributed by atoms with Crippen LogP contribution in [0.3, 0.4) is 0 Å². The number of amides is 1. The summed E-state index contributed by atoms with van der Waals surface area (Å²) in [6, 6.07) is 9.03.